The Morgan fingerprint density at radius 2 is 2.08 bits per heavy atom. The highest BCUT2D eigenvalue weighted by atomic mass is 32.2. The van der Waals surface area contributed by atoms with Crippen molar-refractivity contribution in [2.45, 2.75) is 49.8 Å². The third kappa shape index (κ3) is 6.14. The summed E-state index contributed by atoms with van der Waals surface area (Å²) in [4.78, 5) is 16.4. The van der Waals surface area contributed by atoms with Crippen molar-refractivity contribution in [3.63, 3.8) is 0 Å². The Hall–Kier alpha value is -1.86. The molecule has 1 amide bonds. The predicted molar refractivity (Wildman–Crippen MR) is 102 cm³/mol. The van der Waals surface area contributed by atoms with E-state index in [1.165, 1.54) is 37.4 Å². The van der Waals surface area contributed by atoms with Gasteiger partial charge in [-0.3, -0.25) is 9.89 Å². The Morgan fingerprint density at radius 3 is 2.88 bits per heavy atom. The van der Waals surface area contributed by atoms with Crippen LogP contribution in [0.3, 0.4) is 0 Å². The van der Waals surface area contributed by atoms with Gasteiger partial charge in [-0.25, -0.2) is 4.98 Å². The first-order chi connectivity index (χ1) is 12.8. The lowest BCUT2D eigenvalue weighted by molar-refractivity contribution is -0.118. The molecule has 0 spiro atoms. The Labute approximate surface area is 158 Å². The molecule has 1 heterocycles. The molecule has 6 nitrogen and oxygen atoms in total. The number of carbonyl (C=O) groups excluding carboxylic acids is 1. The summed E-state index contributed by atoms with van der Waals surface area (Å²) >= 11 is 1.38. The molecule has 3 rings (SSSR count). The van der Waals surface area contributed by atoms with E-state index in [0.717, 1.165) is 17.8 Å². The van der Waals surface area contributed by atoms with Crippen molar-refractivity contribution >= 4 is 17.7 Å². The molecule has 26 heavy (non-hydrogen) atoms. The van der Waals surface area contributed by atoms with E-state index in [1.54, 1.807) is 0 Å². The molecule has 1 aromatic carbocycles. The average Bonchev–Trinajstić information content (AvgIpc) is 3.35. The van der Waals surface area contributed by atoms with Gasteiger partial charge in [-0.1, -0.05) is 54.9 Å². The van der Waals surface area contributed by atoms with Crippen molar-refractivity contribution < 1.29 is 9.53 Å². The summed E-state index contributed by atoms with van der Waals surface area (Å²) in [5, 5.41) is 10.8. The molecule has 7 heteroatoms. The lowest BCUT2D eigenvalue weighted by Gasteiger charge is -2.06. The number of hydrogen-bond acceptors (Lipinski definition) is 5. The van der Waals surface area contributed by atoms with E-state index in [9.17, 15) is 4.79 Å². The smallest absolute Gasteiger partial charge is 0.230 e. The fourth-order valence-electron chi connectivity index (χ4n) is 3.05. The monoisotopic (exact) mass is 374 g/mol. The molecule has 1 aliphatic rings. The lowest BCUT2D eigenvalue weighted by Crippen LogP contribution is -2.26. The van der Waals surface area contributed by atoms with Gasteiger partial charge in [0.25, 0.3) is 0 Å². The van der Waals surface area contributed by atoms with Crippen LogP contribution in [-0.2, 0) is 16.1 Å². The molecule has 0 unspecified atom stereocenters. The summed E-state index contributed by atoms with van der Waals surface area (Å²) in [6.07, 6.45) is 5.71. The van der Waals surface area contributed by atoms with Crippen LogP contribution in [0.2, 0.25) is 0 Å². The molecule has 0 saturated heterocycles. The standard InChI is InChI=1S/C19H26N4O2S/c24-17(20-11-6-12-25-13-15-7-2-1-3-8-15)14-26-19-21-18(22-23-19)16-9-4-5-10-16/h1-3,7-8,16H,4-6,9-14H2,(H,20,24)(H,21,22,23). The number of carbonyl (C=O) groups is 1. The maximum atomic E-state index is 11.9. The highest BCUT2D eigenvalue weighted by Crippen LogP contribution is 2.32. The van der Waals surface area contributed by atoms with Crippen LogP contribution in [0.15, 0.2) is 35.5 Å². The van der Waals surface area contributed by atoms with Gasteiger partial charge in [0.05, 0.1) is 12.4 Å². The summed E-state index contributed by atoms with van der Waals surface area (Å²) in [5.41, 5.74) is 1.16. The molecule has 2 aromatic rings. The minimum absolute atomic E-state index is 0.00488. The van der Waals surface area contributed by atoms with Crippen molar-refractivity contribution in [3.05, 3.63) is 41.7 Å². The highest BCUT2D eigenvalue weighted by Gasteiger charge is 2.20. The van der Waals surface area contributed by atoms with Gasteiger partial charge in [0.1, 0.15) is 5.82 Å². The summed E-state index contributed by atoms with van der Waals surface area (Å²) in [5.74, 6) is 1.83. The third-order valence-corrected chi connectivity index (χ3v) is 5.30. The number of nitrogens with one attached hydrogen (secondary N) is 2. The van der Waals surface area contributed by atoms with Gasteiger partial charge < -0.3 is 10.1 Å². The van der Waals surface area contributed by atoms with Crippen LogP contribution in [0.25, 0.3) is 0 Å². The van der Waals surface area contributed by atoms with Crippen LogP contribution < -0.4 is 5.32 Å². The Morgan fingerprint density at radius 1 is 1.27 bits per heavy atom. The normalized spacial score (nSPS) is 14.6. The van der Waals surface area contributed by atoms with E-state index in [4.69, 9.17) is 4.74 Å². The number of aromatic amines is 1. The highest BCUT2D eigenvalue weighted by molar-refractivity contribution is 7.99. The van der Waals surface area contributed by atoms with Crippen molar-refractivity contribution in [1.29, 1.82) is 0 Å². The van der Waals surface area contributed by atoms with Crippen molar-refractivity contribution in [2.24, 2.45) is 0 Å². The van der Waals surface area contributed by atoms with Crippen molar-refractivity contribution in [1.82, 2.24) is 20.5 Å². The second kappa shape index (κ2) is 10.3. The number of hydrogen-bond donors (Lipinski definition) is 2. The second-order valence-electron chi connectivity index (χ2n) is 6.51. The van der Waals surface area contributed by atoms with Crippen molar-refractivity contribution in [3.8, 4) is 0 Å². The molecule has 0 atom stereocenters. The molecule has 140 valence electrons. The van der Waals surface area contributed by atoms with Crippen LogP contribution >= 0.6 is 11.8 Å². The molecule has 2 N–H and O–H groups in total. The predicted octanol–water partition coefficient (Wildman–Crippen LogP) is 3.28. The lowest BCUT2D eigenvalue weighted by atomic mass is 10.1. The first kappa shape index (κ1) is 18.9. The number of ether oxygens (including phenoxy) is 1. The molecule has 0 bridgehead atoms. The van der Waals surface area contributed by atoms with Crippen LogP contribution in [0.1, 0.15) is 49.4 Å². The molecular formula is C19H26N4O2S. The number of amides is 1. The maximum absolute atomic E-state index is 11.9. The van der Waals surface area contributed by atoms with Gasteiger partial charge in [0.2, 0.25) is 11.1 Å². The zero-order valence-corrected chi connectivity index (χ0v) is 15.8. The SMILES string of the molecule is O=C(CSc1n[nH]c(C2CCCC2)n1)NCCCOCc1ccccc1. The van der Waals surface area contributed by atoms with E-state index < -0.39 is 0 Å². The Kier molecular flexibility index (Phi) is 7.51. The van der Waals surface area contributed by atoms with Crippen LogP contribution in [0.5, 0.6) is 0 Å². The van der Waals surface area contributed by atoms with Gasteiger partial charge >= 0.3 is 0 Å². The molecule has 1 aliphatic carbocycles. The summed E-state index contributed by atoms with van der Waals surface area (Å²) in [6, 6.07) is 10.1. The maximum Gasteiger partial charge on any atom is 0.230 e. The molecular weight excluding hydrogens is 348 g/mol. The number of rotatable bonds is 10. The largest absolute Gasteiger partial charge is 0.377 e. The summed E-state index contributed by atoms with van der Waals surface area (Å²) in [6.45, 7) is 1.86. The summed E-state index contributed by atoms with van der Waals surface area (Å²) in [7, 11) is 0. The molecule has 0 aliphatic heterocycles. The van der Waals surface area contributed by atoms with Crippen LogP contribution in [-0.4, -0.2) is 40.0 Å². The Balaban J connectivity index is 1.24. The number of H-pyrrole nitrogens is 1. The van der Waals surface area contributed by atoms with Gasteiger partial charge in [-0.15, -0.1) is 5.10 Å². The molecule has 1 saturated carbocycles. The number of nitrogens with zero attached hydrogens (tertiary/aromatic N) is 2. The van der Waals surface area contributed by atoms with Crippen LogP contribution in [0, 0.1) is 0 Å². The fourth-order valence-corrected chi connectivity index (χ4v) is 3.69. The second-order valence-corrected chi connectivity index (χ2v) is 7.46. The van der Waals surface area contributed by atoms with Crippen molar-refractivity contribution in [2.75, 3.05) is 18.9 Å². The van der Waals surface area contributed by atoms with Gasteiger partial charge in [-0.2, -0.15) is 0 Å². The fraction of sp³-hybridized carbons (Fsp3) is 0.526. The first-order valence-electron chi connectivity index (χ1n) is 9.25. The number of aromatic nitrogens is 3. The molecule has 1 fully saturated rings. The van der Waals surface area contributed by atoms with Gasteiger partial charge in [0, 0.05) is 19.1 Å². The van der Waals surface area contributed by atoms with Crippen LogP contribution in [0.4, 0.5) is 0 Å². The van der Waals surface area contributed by atoms with E-state index in [1.807, 2.05) is 30.3 Å². The quantitative estimate of drug-likeness (QED) is 0.493. The number of benzene rings is 1. The minimum atomic E-state index is 0.00488. The zero-order valence-electron chi connectivity index (χ0n) is 14.9. The van der Waals surface area contributed by atoms with E-state index >= 15 is 0 Å². The molecule has 0 radical (unpaired) electrons. The molecule has 1 aromatic heterocycles. The van der Waals surface area contributed by atoms with E-state index in [0.29, 0.717) is 36.6 Å². The number of thioether (sulfide) groups is 1. The Bertz CT molecular complexity index is 671. The third-order valence-electron chi connectivity index (χ3n) is 4.46. The average molecular weight is 375 g/mol. The van der Waals surface area contributed by atoms with Gasteiger partial charge in [-0.05, 0) is 24.8 Å². The topological polar surface area (TPSA) is 79.9 Å². The zero-order chi connectivity index (χ0) is 18.0. The van der Waals surface area contributed by atoms with E-state index in [-0.39, 0.29) is 5.91 Å². The van der Waals surface area contributed by atoms with Gasteiger partial charge in [0.15, 0.2) is 0 Å². The first-order valence-corrected chi connectivity index (χ1v) is 10.2. The summed E-state index contributed by atoms with van der Waals surface area (Å²) < 4.78 is 5.60. The minimum Gasteiger partial charge on any atom is -0.377 e. The van der Waals surface area contributed by atoms with E-state index in [2.05, 4.69) is 20.5 Å².